The van der Waals surface area contributed by atoms with Crippen molar-refractivity contribution < 1.29 is 13.9 Å². The number of amides is 1. The number of carbonyl (C=O) groups excluding carboxylic acids is 1. The Morgan fingerprint density at radius 2 is 1.88 bits per heavy atom. The van der Waals surface area contributed by atoms with E-state index in [1.165, 1.54) is 6.33 Å². The highest BCUT2D eigenvalue weighted by Gasteiger charge is 2.14. The van der Waals surface area contributed by atoms with Gasteiger partial charge >= 0.3 is 0 Å². The normalized spacial score (nSPS) is 10.9. The predicted octanol–water partition coefficient (Wildman–Crippen LogP) is 6.02. The Morgan fingerprint density at radius 1 is 1.06 bits per heavy atom. The van der Waals surface area contributed by atoms with Crippen molar-refractivity contribution in [1.29, 1.82) is 0 Å². The van der Waals surface area contributed by atoms with Crippen molar-refractivity contribution in [1.82, 2.24) is 14.8 Å². The summed E-state index contributed by atoms with van der Waals surface area (Å²) >= 11 is 18.0. The molecule has 0 aliphatic heterocycles. The molecule has 32 heavy (non-hydrogen) atoms. The Labute approximate surface area is 198 Å². The molecular formula is C22H17Cl3N4O3. The average molecular weight is 492 g/mol. The van der Waals surface area contributed by atoms with Gasteiger partial charge < -0.3 is 9.15 Å². The molecule has 10 heteroatoms. The van der Waals surface area contributed by atoms with E-state index in [0.717, 1.165) is 11.1 Å². The van der Waals surface area contributed by atoms with Gasteiger partial charge in [0.15, 0.2) is 5.76 Å². The summed E-state index contributed by atoms with van der Waals surface area (Å²) in [5.41, 5.74) is 1.81. The molecule has 0 aliphatic carbocycles. The van der Waals surface area contributed by atoms with Crippen LogP contribution in [0.5, 0.6) is 5.75 Å². The molecule has 0 atom stereocenters. The van der Waals surface area contributed by atoms with Gasteiger partial charge in [-0.25, -0.2) is 9.67 Å². The van der Waals surface area contributed by atoms with E-state index < -0.39 is 5.91 Å². The minimum atomic E-state index is -0.467. The molecule has 0 radical (unpaired) electrons. The first kappa shape index (κ1) is 22.2. The summed E-state index contributed by atoms with van der Waals surface area (Å²) < 4.78 is 12.8. The first-order chi connectivity index (χ1) is 15.4. The lowest BCUT2D eigenvalue weighted by atomic mass is 10.2. The van der Waals surface area contributed by atoms with Crippen molar-refractivity contribution in [2.75, 3.05) is 5.32 Å². The molecule has 0 aliphatic rings. The Balaban J connectivity index is 1.33. The van der Waals surface area contributed by atoms with Gasteiger partial charge in [-0.05, 0) is 60.5 Å². The van der Waals surface area contributed by atoms with E-state index in [1.54, 1.807) is 41.1 Å². The predicted molar refractivity (Wildman–Crippen MR) is 123 cm³/mol. The maximum atomic E-state index is 12.5. The second kappa shape index (κ2) is 9.65. The van der Waals surface area contributed by atoms with E-state index in [0.29, 0.717) is 33.1 Å². The average Bonchev–Trinajstić information content (AvgIpc) is 3.41. The van der Waals surface area contributed by atoms with Gasteiger partial charge in [-0.1, -0.05) is 40.9 Å². The summed E-state index contributed by atoms with van der Waals surface area (Å²) in [6, 6.07) is 13.9. The van der Waals surface area contributed by atoms with Crippen LogP contribution < -0.4 is 10.1 Å². The summed E-state index contributed by atoms with van der Waals surface area (Å²) in [7, 11) is 0. The van der Waals surface area contributed by atoms with Crippen LogP contribution in [0.2, 0.25) is 15.1 Å². The molecule has 1 amide bonds. The van der Waals surface area contributed by atoms with E-state index in [2.05, 4.69) is 15.4 Å². The van der Waals surface area contributed by atoms with Gasteiger partial charge in [0.05, 0.1) is 16.6 Å². The largest absolute Gasteiger partial charge is 0.486 e. The molecule has 4 aromatic rings. The monoisotopic (exact) mass is 490 g/mol. The molecule has 0 bridgehead atoms. The number of anilines is 1. The first-order valence-corrected chi connectivity index (χ1v) is 10.6. The van der Waals surface area contributed by atoms with Gasteiger partial charge in [-0.3, -0.25) is 10.1 Å². The number of rotatable bonds is 7. The second-order valence-electron chi connectivity index (χ2n) is 6.93. The number of nitrogens with one attached hydrogen (secondary N) is 1. The number of hydrogen-bond acceptors (Lipinski definition) is 5. The number of ether oxygens (including phenoxy) is 1. The molecule has 2 aromatic heterocycles. The molecule has 7 nitrogen and oxygen atoms in total. The van der Waals surface area contributed by atoms with Crippen LogP contribution in [-0.2, 0) is 13.2 Å². The Bertz CT molecular complexity index is 1270. The number of aryl methyl sites for hydroxylation is 1. The van der Waals surface area contributed by atoms with Crippen LogP contribution in [0.3, 0.4) is 0 Å². The summed E-state index contributed by atoms with van der Waals surface area (Å²) in [5.74, 6) is 0.968. The van der Waals surface area contributed by atoms with Crippen molar-refractivity contribution in [3.05, 3.63) is 92.6 Å². The highest BCUT2D eigenvalue weighted by molar-refractivity contribution is 6.42. The van der Waals surface area contributed by atoms with Crippen molar-refractivity contribution in [3.63, 3.8) is 0 Å². The molecule has 1 N–H and O–H groups in total. The summed E-state index contributed by atoms with van der Waals surface area (Å²) in [4.78, 5) is 16.6. The number of nitrogens with zero attached hydrogens (tertiary/aromatic N) is 3. The standard InChI is InChI=1S/C22H17Cl3N4O3/c1-13-8-15(3-6-17(13)23)31-11-16-4-7-20(32-16)21(30)27-22-26-12-29(28-22)10-14-2-5-18(24)19(25)9-14/h2-9,12H,10-11H2,1H3,(H,27,28,30). The molecular weight excluding hydrogens is 475 g/mol. The fourth-order valence-electron chi connectivity index (χ4n) is 2.86. The van der Waals surface area contributed by atoms with Crippen LogP contribution in [-0.4, -0.2) is 20.7 Å². The third kappa shape index (κ3) is 5.43. The van der Waals surface area contributed by atoms with Crippen LogP contribution in [0, 0.1) is 6.92 Å². The molecule has 4 rings (SSSR count). The second-order valence-corrected chi connectivity index (χ2v) is 8.16. The number of hydrogen-bond donors (Lipinski definition) is 1. The van der Waals surface area contributed by atoms with E-state index in [9.17, 15) is 4.79 Å². The molecule has 0 unspecified atom stereocenters. The maximum Gasteiger partial charge on any atom is 0.293 e. The maximum absolute atomic E-state index is 12.5. The lowest BCUT2D eigenvalue weighted by Gasteiger charge is -2.06. The number of furan rings is 1. The van der Waals surface area contributed by atoms with Crippen molar-refractivity contribution in [3.8, 4) is 5.75 Å². The van der Waals surface area contributed by atoms with Gasteiger partial charge in [-0.2, -0.15) is 0 Å². The molecule has 0 fully saturated rings. The third-order valence-corrected chi connectivity index (χ3v) is 5.65. The van der Waals surface area contributed by atoms with Crippen molar-refractivity contribution >= 4 is 46.7 Å². The van der Waals surface area contributed by atoms with Crippen LogP contribution >= 0.6 is 34.8 Å². The van der Waals surface area contributed by atoms with Crippen LogP contribution in [0.15, 0.2) is 59.3 Å². The molecule has 0 spiro atoms. The van der Waals surface area contributed by atoms with Gasteiger partial charge in [0.25, 0.3) is 5.91 Å². The minimum Gasteiger partial charge on any atom is -0.486 e. The number of aromatic nitrogens is 3. The molecule has 2 heterocycles. The smallest absolute Gasteiger partial charge is 0.293 e. The van der Waals surface area contributed by atoms with Gasteiger partial charge in [-0.15, -0.1) is 5.10 Å². The zero-order chi connectivity index (χ0) is 22.7. The molecule has 164 valence electrons. The van der Waals surface area contributed by atoms with Crippen LogP contribution in [0.4, 0.5) is 5.95 Å². The van der Waals surface area contributed by atoms with E-state index in [1.807, 2.05) is 19.1 Å². The van der Waals surface area contributed by atoms with Crippen LogP contribution in [0.1, 0.15) is 27.4 Å². The summed E-state index contributed by atoms with van der Waals surface area (Å²) in [6.45, 7) is 2.49. The molecule has 2 aromatic carbocycles. The van der Waals surface area contributed by atoms with Crippen molar-refractivity contribution in [2.45, 2.75) is 20.1 Å². The quantitative estimate of drug-likeness (QED) is 0.342. The van der Waals surface area contributed by atoms with Gasteiger partial charge in [0.1, 0.15) is 24.4 Å². The van der Waals surface area contributed by atoms with Crippen LogP contribution in [0.25, 0.3) is 0 Å². The van der Waals surface area contributed by atoms with Crippen molar-refractivity contribution in [2.24, 2.45) is 0 Å². The Hall–Kier alpha value is -3.00. The van der Waals surface area contributed by atoms with Gasteiger partial charge in [0.2, 0.25) is 5.95 Å². The number of carbonyl (C=O) groups is 1. The highest BCUT2D eigenvalue weighted by atomic mass is 35.5. The zero-order valence-corrected chi connectivity index (χ0v) is 19.1. The minimum absolute atomic E-state index is 0.122. The number of halogens is 3. The van der Waals surface area contributed by atoms with E-state index in [4.69, 9.17) is 44.0 Å². The number of benzene rings is 2. The SMILES string of the molecule is Cc1cc(OCc2ccc(C(=O)Nc3ncn(Cc4ccc(Cl)c(Cl)c4)n3)o2)ccc1Cl. The fraction of sp³-hybridized carbons (Fsp3) is 0.136. The fourth-order valence-corrected chi connectivity index (χ4v) is 3.29. The lowest BCUT2D eigenvalue weighted by Crippen LogP contribution is -2.12. The first-order valence-electron chi connectivity index (χ1n) is 9.50. The Morgan fingerprint density at radius 3 is 2.66 bits per heavy atom. The molecule has 0 saturated heterocycles. The summed E-state index contributed by atoms with van der Waals surface area (Å²) in [5, 5.41) is 8.46. The topological polar surface area (TPSA) is 82.2 Å². The van der Waals surface area contributed by atoms with E-state index in [-0.39, 0.29) is 18.3 Å². The molecule has 0 saturated carbocycles. The Kier molecular flexibility index (Phi) is 6.69. The zero-order valence-electron chi connectivity index (χ0n) is 16.8. The van der Waals surface area contributed by atoms with E-state index >= 15 is 0 Å². The highest BCUT2D eigenvalue weighted by Crippen LogP contribution is 2.23. The third-order valence-electron chi connectivity index (χ3n) is 4.49. The summed E-state index contributed by atoms with van der Waals surface area (Å²) in [6.07, 6.45) is 1.51. The van der Waals surface area contributed by atoms with Gasteiger partial charge in [0, 0.05) is 5.02 Å². The lowest BCUT2D eigenvalue weighted by molar-refractivity contribution is 0.0991.